The van der Waals surface area contributed by atoms with E-state index in [9.17, 15) is 4.79 Å². The third kappa shape index (κ3) is 4.47. The fraction of sp³-hybridized carbons (Fsp3) is 0.389. The molecular formula is C18H24N4OS. The molecule has 0 aliphatic heterocycles. The smallest absolute Gasteiger partial charge is 0.230 e. The van der Waals surface area contributed by atoms with Gasteiger partial charge in [0, 0.05) is 6.54 Å². The molecule has 1 heterocycles. The molecule has 5 nitrogen and oxygen atoms in total. The molecule has 1 aromatic carbocycles. The molecule has 0 unspecified atom stereocenters. The van der Waals surface area contributed by atoms with Gasteiger partial charge in [-0.05, 0) is 44.4 Å². The molecule has 0 saturated carbocycles. The van der Waals surface area contributed by atoms with Crippen molar-refractivity contribution in [1.82, 2.24) is 20.1 Å². The molecular weight excluding hydrogens is 320 g/mol. The van der Waals surface area contributed by atoms with Crippen LogP contribution in [-0.2, 0) is 11.3 Å². The first kappa shape index (κ1) is 18.3. The molecule has 0 aliphatic rings. The lowest BCUT2D eigenvalue weighted by Gasteiger charge is -2.15. The predicted octanol–water partition coefficient (Wildman–Crippen LogP) is 3.36. The number of nitrogens with zero attached hydrogens (tertiary/aromatic N) is 3. The van der Waals surface area contributed by atoms with Crippen molar-refractivity contribution in [2.45, 2.75) is 45.4 Å². The fourth-order valence-electron chi connectivity index (χ4n) is 2.34. The van der Waals surface area contributed by atoms with E-state index in [4.69, 9.17) is 0 Å². The maximum atomic E-state index is 12.2. The van der Waals surface area contributed by atoms with Crippen molar-refractivity contribution in [3.8, 4) is 0 Å². The maximum absolute atomic E-state index is 12.2. The number of carbonyl (C=O) groups excluding carboxylic acids is 1. The van der Waals surface area contributed by atoms with Gasteiger partial charge < -0.3 is 9.88 Å². The summed E-state index contributed by atoms with van der Waals surface area (Å²) in [4.78, 5) is 12.2. The van der Waals surface area contributed by atoms with E-state index in [1.807, 2.05) is 18.4 Å². The lowest BCUT2D eigenvalue weighted by atomic mass is 10.0. The number of hydrogen-bond acceptors (Lipinski definition) is 4. The molecule has 0 radical (unpaired) electrons. The number of amides is 1. The van der Waals surface area contributed by atoms with Crippen LogP contribution >= 0.6 is 11.8 Å². The number of hydrogen-bond donors (Lipinski definition) is 1. The minimum Gasteiger partial charge on any atom is -0.349 e. The molecule has 1 N–H and O–H groups in total. The van der Waals surface area contributed by atoms with Gasteiger partial charge in [-0.25, -0.2) is 0 Å². The average Bonchev–Trinajstić information content (AvgIpc) is 2.89. The van der Waals surface area contributed by atoms with Crippen molar-refractivity contribution < 1.29 is 4.79 Å². The van der Waals surface area contributed by atoms with Crippen molar-refractivity contribution in [3.63, 3.8) is 0 Å². The van der Waals surface area contributed by atoms with Crippen LogP contribution in [0.5, 0.6) is 0 Å². The molecule has 2 aromatic rings. The third-order valence-corrected chi connectivity index (χ3v) is 4.92. The Hall–Kier alpha value is -2.08. The van der Waals surface area contributed by atoms with Crippen molar-refractivity contribution in [2.24, 2.45) is 0 Å². The van der Waals surface area contributed by atoms with Gasteiger partial charge in [-0.2, -0.15) is 0 Å². The van der Waals surface area contributed by atoms with Crippen molar-refractivity contribution in [3.05, 3.63) is 53.4 Å². The molecule has 1 atom stereocenters. The average molecular weight is 344 g/mol. The fourth-order valence-corrected chi connectivity index (χ4v) is 3.14. The van der Waals surface area contributed by atoms with E-state index in [2.05, 4.69) is 54.1 Å². The van der Waals surface area contributed by atoms with Gasteiger partial charge in [0.1, 0.15) is 5.82 Å². The molecule has 128 valence electrons. The highest BCUT2D eigenvalue weighted by Gasteiger charge is 2.13. The zero-order chi connectivity index (χ0) is 17.7. The largest absolute Gasteiger partial charge is 0.349 e. The number of nitrogens with one attached hydrogen (secondary N) is 1. The number of thioether (sulfide) groups is 1. The quantitative estimate of drug-likeness (QED) is 0.618. The Labute approximate surface area is 147 Å². The Bertz CT molecular complexity index is 739. The Morgan fingerprint density at radius 2 is 2.08 bits per heavy atom. The van der Waals surface area contributed by atoms with E-state index in [0.717, 1.165) is 16.5 Å². The van der Waals surface area contributed by atoms with Crippen LogP contribution in [0.3, 0.4) is 0 Å². The third-order valence-electron chi connectivity index (χ3n) is 3.95. The maximum Gasteiger partial charge on any atom is 0.230 e. The van der Waals surface area contributed by atoms with E-state index in [-0.39, 0.29) is 11.9 Å². The van der Waals surface area contributed by atoms with Crippen LogP contribution < -0.4 is 5.32 Å². The number of aromatic nitrogens is 3. The summed E-state index contributed by atoms with van der Waals surface area (Å²) in [6.45, 7) is 12.4. The highest BCUT2D eigenvalue weighted by molar-refractivity contribution is 7.99. The van der Waals surface area contributed by atoms with Gasteiger partial charge >= 0.3 is 0 Å². The van der Waals surface area contributed by atoms with E-state index in [1.54, 1.807) is 6.08 Å². The first-order valence-electron chi connectivity index (χ1n) is 7.92. The molecule has 0 bridgehead atoms. The van der Waals surface area contributed by atoms with Crippen molar-refractivity contribution in [1.29, 1.82) is 0 Å². The SMILES string of the molecule is C=CCn1c(C)nnc1SCC(=O)N[C@@H](C)c1ccc(C)c(C)c1. The minimum absolute atomic E-state index is 0.0171. The second-order valence-corrected chi connectivity index (χ2v) is 6.79. The summed E-state index contributed by atoms with van der Waals surface area (Å²) in [5, 5.41) is 11.9. The van der Waals surface area contributed by atoms with Crippen LogP contribution in [0.1, 0.15) is 35.5 Å². The van der Waals surface area contributed by atoms with E-state index in [0.29, 0.717) is 12.3 Å². The Morgan fingerprint density at radius 1 is 1.33 bits per heavy atom. The van der Waals surface area contributed by atoms with Crippen LogP contribution in [0.2, 0.25) is 0 Å². The molecule has 0 aliphatic carbocycles. The highest BCUT2D eigenvalue weighted by atomic mass is 32.2. The van der Waals surface area contributed by atoms with Gasteiger partial charge in [0.05, 0.1) is 11.8 Å². The van der Waals surface area contributed by atoms with Crippen LogP contribution in [0, 0.1) is 20.8 Å². The summed E-state index contributed by atoms with van der Waals surface area (Å²) in [5.74, 6) is 1.11. The zero-order valence-corrected chi connectivity index (χ0v) is 15.5. The van der Waals surface area contributed by atoms with Crippen LogP contribution in [0.25, 0.3) is 0 Å². The van der Waals surface area contributed by atoms with Gasteiger partial charge in [-0.15, -0.1) is 16.8 Å². The van der Waals surface area contributed by atoms with Crippen LogP contribution in [-0.4, -0.2) is 26.4 Å². The van der Waals surface area contributed by atoms with E-state index < -0.39 is 0 Å². The summed E-state index contributed by atoms with van der Waals surface area (Å²) in [7, 11) is 0. The van der Waals surface area contributed by atoms with Gasteiger partial charge in [0.25, 0.3) is 0 Å². The van der Waals surface area contributed by atoms with Gasteiger partial charge in [0.15, 0.2) is 5.16 Å². The van der Waals surface area contributed by atoms with Crippen molar-refractivity contribution >= 4 is 17.7 Å². The Morgan fingerprint density at radius 3 is 2.75 bits per heavy atom. The van der Waals surface area contributed by atoms with Crippen LogP contribution in [0.4, 0.5) is 0 Å². The first-order chi connectivity index (χ1) is 11.4. The number of benzene rings is 1. The molecule has 1 aromatic heterocycles. The van der Waals surface area contributed by atoms with Crippen LogP contribution in [0.15, 0.2) is 36.0 Å². The normalized spacial score (nSPS) is 12.0. The summed E-state index contributed by atoms with van der Waals surface area (Å²) in [5.41, 5.74) is 3.60. The molecule has 24 heavy (non-hydrogen) atoms. The highest BCUT2D eigenvalue weighted by Crippen LogP contribution is 2.19. The zero-order valence-electron chi connectivity index (χ0n) is 14.7. The summed E-state index contributed by atoms with van der Waals surface area (Å²) >= 11 is 1.39. The second-order valence-electron chi connectivity index (χ2n) is 5.85. The topological polar surface area (TPSA) is 59.8 Å². The lowest BCUT2D eigenvalue weighted by Crippen LogP contribution is -2.28. The second kappa shape index (κ2) is 8.15. The summed E-state index contributed by atoms with van der Waals surface area (Å²) in [6.07, 6.45) is 1.79. The Kier molecular flexibility index (Phi) is 6.20. The predicted molar refractivity (Wildman–Crippen MR) is 98.2 cm³/mol. The number of allylic oxidation sites excluding steroid dienone is 1. The van der Waals surface area contributed by atoms with E-state index in [1.165, 1.54) is 22.9 Å². The molecule has 1 amide bonds. The minimum atomic E-state index is -0.0230. The molecule has 2 rings (SSSR count). The number of carbonyl (C=O) groups is 1. The summed E-state index contributed by atoms with van der Waals surface area (Å²) in [6, 6.07) is 6.25. The molecule has 0 saturated heterocycles. The summed E-state index contributed by atoms with van der Waals surface area (Å²) < 4.78 is 1.94. The standard InChI is InChI=1S/C18H24N4OS/c1-6-9-22-15(5)20-21-18(22)24-11-17(23)19-14(4)16-8-7-12(2)13(3)10-16/h6-8,10,14H,1,9,11H2,2-5H3,(H,19,23)/t14-/m0/s1. The number of aryl methyl sites for hydroxylation is 3. The van der Waals surface area contributed by atoms with Gasteiger partial charge in [-0.3, -0.25) is 4.79 Å². The van der Waals surface area contributed by atoms with Crippen molar-refractivity contribution in [2.75, 3.05) is 5.75 Å². The van der Waals surface area contributed by atoms with Gasteiger partial charge in [-0.1, -0.05) is 36.0 Å². The van der Waals surface area contributed by atoms with E-state index >= 15 is 0 Å². The Balaban J connectivity index is 1.93. The first-order valence-corrected chi connectivity index (χ1v) is 8.91. The monoisotopic (exact) mass is 344 g/mol. The lowest BCUT2D eigenvalue weighted by molar-refractivity contribution is -0.119. The number of rotatable bonds is 7. The van der Waals surface area contributed by atoms with Gasteiger partial charge in [0.2, 0.25) is 5.91 Å². The molecule has 6 heteroatoms. The molecule has 0 spiro atoms. The molecule has 0 fully saturated rings.